The summed E-state index contributed by atoms with van der Waals surface area (Å²) in [5, 5.41) is 13.0. The molecule has 3 rings (SSSR count). The van der Waals surface area contributed by atoms with Crippen LogP contribution in [0.4, 0.5) is 0 Å². The van der Waals surface area contributed by atoms with Crippen LogP contribution >= 0.6 is 0 Å². The number of rotatable bonds is 2. The number of piperidine rings is 1. The molecule has 0 saturated carbocycles. The van der Waals surface area contributed by atoms with Crippen LogP contribution in [0.5, 0.6) is 0 Å². The maximum Gasteiger partial charge on any atom is 0.274 e. The topological polar surface area (TPSA) is 94.7 Å². The molecule has 0 radical (unpaired) electrons. The van der Waals surface area contributed by atoms with E-state index < -0.39 is 0 Å². The van der Waals surface area contributed by atoms with E-state index in [2.05, 4.69) is 20.4 Å². The van der Waals surface area contributed by atoms with Crippen LogP contribution in [0.15, 0.2) is 29.2 Å². The molecule has 1 amide bonds. The summed E-state index contributed by atoms with van der Waals surface area (Å²) in [6, 6.07) is 4.72. The van der Waals surface area contributed by atoms with E-state index in [-0.39, 0.29) is 23.1 Å². The molecule has 1 aliphatic heterocycles. The highest BCUT2D eigenvalue weighted by atomic mass is 16.2. The van der Waals surface area contributed by atoms with Crippen LogP contribution in [-0.4, -0.2) is 44.3 Å². The second-order valence-electron chi connectivity index (χ2n) is 4.91. The molecule has 3 heterocycles. The Morgan fingerprint density at radius 1 is 1.30 bits per heavy atom. The summed E-state index contributed by atoms with van der Waals surface area (Å²) in [6.45, 7) is 1.35. The van der Waals surface area contributed by atoms with Crippen molar-refractivity contribution in [3.8, 4) is 0 Å². The second-order valence-corrected chi connectivity index (χ2v) is 4.91. The third-order valence-corrected chi connectivity index (χ3v) is 3.57. The number of aromatic nitrogens is 4. The smallest absolute Gasteiger partial charge is 0.274 e. The van der Waals surface area contributed by atoms with Crippen LogP contribution in [0.2, 0.25) is 0 Å². The van der Waals surface area contributed by atoms with Crippen molar-refractivity contribution in [1.82, 2.24) is 25.3 Å². The number of amides is 1. The third-order valence-electron chi connectivity index (χ3n) is 3.57. The van der Waals surface area contributed by atoms with Crippen LogP contribution in [0.25, 0.3) is 0 Å². The lowest BCUT2D eigenvalue weighted by Gasteiger charge is -2.31. The van der Waals surface area contributed by atoms with Gasteiger partial charge in [-0.25, -0.2) is 5.10 Å². The number of H-pyrrole nitrogens is 2. The summed E-state index contributed by atoms with van der Waals surface area (Å²) in [6.07, 6.45) is 3.70. The van der Waals surface area contributed by atoms with Gasteiger partial charge in [0.2, 0.25) is 0 Å². The number of likely N-dealkylation sites (tertiary alicyclic amines) is 1. The van der Waals surface area contributed by atoms with Crippen LogP contribution in [0.1, 0.15) is 34.9 Å². The van der Waals surface area contributed by atoms with Gasteiger partial charge in [0, 0.05) is 37.0 Å². The number of hydrogen-bond acceptors (Lipinski definition) is 4. The maximum atomic E-state index is 12.3. The van der Waals surface area contributed by atoms with Gasteiger partial charge >= 0.3 is 0 Å². The molecule has 0 aliphatic carbocycles. The van der Waals surface area contributed by atoms with Crippen LogP contribution in [0.3, 0.4) is 0 Å². The van der Waals surface area contributed by atoms with Crippen molar-refractivity contribution >= 4 is 5.91 Å². The fourth-order valence-corrected chi connectivity index (χ4v) is 2.54. The lowest BCUT2D eigenvalue weighted by atomic mass is 9.95. The summed E-state index contributed by atoms with van der Waals surface area (Å²) in [4.78, 5) is 25.1. The monoisotopic (exact) mass is 273 g/mol. The molecule has 1 unspecified atom stereocenters. The van der Waals surface area contributed by atoms with Gasteiger partial charge in [0.25, 0.3) is 11.5 Å². The molecule has 1 saturated heterocycles. The standard InChI is InChI=1S/C13H15N5O2/c19-12-4-3-11(16-17-12)13(20)18-7-1-2-9(8-18)10-5-6-14-15-10/h3-6,9H,1-2,7-8H2,(H,14,15)(H,17,19). The summed E-state index contributed by atoms with van der Waals surface area (Å²) in [5.74, 6) is 0.128. The maximum absolute atomic E-state index is 12.3. The van der Waals surface area contributed by atoms with Gasteiger partial charge in [0.1, 0.15) is 5.69 Å². The van der Waals surface area contributed by atoms with Crippen molar-refractivity contribution in [3.05, 3.63) is 46.1 Å². The number of hydrogen-bond donors (Lipinski definition) is 2. The van der Waals surface area contributed by atoms with Crippen molar-refractivity contribution in [3.63, 3.8) is 0 Å². The Morgan fingerprint density at radius 2 is 2.20 bits per heavy atom. The lowest BCUT2D eigenvalue weighted by Crippen LogP contribution is -2.39. The fourth-order valence-electron chi connectivity index (χ4n) is 2.54. The zero-order valence-electron chi connectivity index (χ0n) is 10.9. The van der Waals surface area contributed by atoms with Gasteiger partial charge in [-0.2, -0.15) is 10.2 Å². The average molecular weight is 273 g/mol. The normalized spacial score (nSPS) is 19.0. The lowest BCUT2D eigenvalue weighted by molar-refractivity contribution is 0.0698. The predicted octanol–water partition coefficient (Wildman–Crippen LogP) is 0.513. The van der Waals surface area contributed by atoms with E-state index in [9.17, 15) is 9.59 Å². The first-order valence-electron chi connectivity index (χ1n) is 6.58. The van der Waals surface area contributed by atoms with Gasteiger partial charge in [0.15, 0.2) is 0 Å². The van der Waals surface area contributed by atoms with Crippen LogP contribution in [-0.2, 0) is 0 Å². The van der Waals surface area contributed by atoms with Gasteiger partial charge in [-0.1, -0.05) is 0 Å². The van der Waals surface area contributed by atoms with Gasteiger partial charge in [-0.15, -0.1) is 0 Å². The Labute approximate surface area is 115 Å². The molecule has 0 spiro atoms. The highest BCUT2D eigenvalue weighted by Gasteiger charge is 2.26. The fraction of sp³-hybridized carbons (Fsp3) is 0.385. The van der Waals surface area contributed by atoms with E-state index in [1.807, 2.05) is 6.07 Å². The molecule has 1 fully saturated rings. The predicted molar refractivity (Wildman–Crippen MR) is 71.3 cm³/mol. The van der Waals surface area contributed by atoms with Gasteiger partial charge in [0.05, 0.1) is 0 Å². The molecule has 2 aromatic heterocycles. The molecule has 0 aromatic carbocycles. The minimum Gasteiger partial charge on any atom is -0.337 e. The van der Waals surface area contributed by atoms with E-state index >= 15 is 0 Å². The van der Waals surface area contributed by atoms with Crippen molar-refractivity contribution in [2.45, 2.75) is 18.8 Å². The first-order chi connectivity index (χ1) is 9.74. The van der Waals surface area contributed by atoms with E-state index in [0.29, 0.717) is 13.1 Å². The summed E-state index contributed by atoms with van der Waals surface area (Å²) >= 11 is 0. The number of nitrogens with zero attached hydrogens (tertiary/aromatic N) is 3. The number of carbonyl (C=O) groups is 1. The number of aromatic amines is 2. The molecule has 20 heavy (non-hydrogen) atoms. The molecule has 7 heteroatoms. The van der Waals surface area contributed by atoms with Crippen molar-refractivity contribution in [1.29, 1.82) is 0 Å². The summed E-state index contributed by atoms with van der Waals surface area (Å²) < 4.78 is 0. The molecule has 2 aromatic rings. The van der Waals surface area contributed by atoms with E-state index in [1.165, 1.54) is 12.1 Å². The Kier molecular flexibility index (Phi) is 3.32. The molecule has 7 nitrogen and oxygen atoms in total. The van der Waals surface area contributed by atoms with E-state index in [4.69, 9.17) is 0 Å². The quantitative estimate of drug-likeness (QED) is 0.833. The first-order valence-corrected chi connectivity index (χ1v) is 6.58. The summed E-state index contributed by atoms with van der Waals surface area (Å²) in [7, 11) is 0. The Morgan fingerprint density at radius 3 is 2.90 bits per heavy atom. The first kappa shape index (κ1) is 12.6. The molecule has 0 bridgehead atoms. The van der Waals surface area contributed by atoms with Gasteiger partial charge < -0.3 is 4.90 Å². The zero-order chi connectivity index (χ0) is 13.9. The Bertz CT molecular complexity index is 629. The van der Waals surface area contributed by atoms with Crippen LogP contribution < -0.4 is 5.56 Å². The highest BCUT2D eigenvalue weighted by Crippen LogP contribution is 2.25. The second kappa shape index (κ2) is 5.28. The largest absolute Gasteiger partial charge is 0.337 e. The van der Waals surface area contributed by atoms with E-state index in [1.54, 1.807) is 11.1 Å². The molecular formula is C13H15N5O2. The number of nitrogens with one attached hydrogen (secondary N) is 2. The van der Waals surface area contributed by atoms with Crippen LogP contribution in [0, 0.1) is 0 Å². The molecular weight excluding hydrogens is 258 g/mol. The summed E-state index contributed by atoms with van der Waals surface area (Å²) in [5.41, 5.74) is 1.02. The van der Waals surface area contributed by atoms with Crippen molar-refractivity contribution in [2.75, 3.05) is 13.1 Å². The molecule has 1 aliphatic rings. The zero-order valence-corrected chi connectivity index (χ0v) is 10.9. The van der Waals surface area contributed by atoms with Crippen molar-refractivity contribution < 1.29 is 4.79 Å². The minimum absolute atomic E-state index is 0.148. The number of carbonyl (C=O) groups excluding carboxylic acids is 1. The molecule has 1 atom stereocenters. The van der Waals surface area contributed by atoms with E-state index in [0.717, 1.165) is 18.5 Å². The Hall–Kier alpha value is -2.44. The Balaban J connectivity index is 1.75. The third kappa shape index (κ3) is 2.47. The minimum atomic E-state index is -0.310. The van der Waals surface area contributed by atoms with Gasteiger partial charge in [-0.3, -0.25) is 14.7 Å². The highest BCUT2D eigenvalue weighted by molar-refractivity contribution is 5.92. The SMILES string of the molecule is O=C(c1ccc(=O)[nH]n1)N1CCCC(c2ccn[nH]2)C1. The molecule has 2 N–H and O–H groups in total. The average Bonchev–Trinajstić information content (AvgIpc) is 3.02. The molecule has 104 valence electrons. The van der Waals surface area contributed by atoms with Crippen molar-refractivity contribution in [2.24, 2.45) is 0 Å². The van der Waals surface area contributed by atoms with Gasteiger partial charge in [-0.05, 0) is 25.0 Å².